The number of aromatic nitrogens is 9. The van der Waals surface area contributed by atoms with Crippen LogP contribution in [-0.2, 0) is 0 Å². The number of imidazole rings is 4. The predicted molar refractivity (Wildman–Crippen MR) is 312 cm³/mol. The summed E-state index contributed by atoms with van der Waals surface area (Å²) in [6.45, 7) is 0. The van der Waals surface area contributed by atoms with Crippen molar-refractivity contribution in [2.75, 3.05) is 0 Å². The van der Waals surface area contributed by atoms with Crippen LogP contribution < -0.4 is 20.7 Å². The van der Waals surface area contributed by atoms with Crippen LogP contribution in [0.1, 0.15) is 0 Å². The van der Waals surface area contributed by atoms with Crippen LogP contribution in [0.3, 0.4) is 0 Å². The standard InChI is InChI=1S/C66H43N9Si/c1-3-23-46(24-4-1)76(47-25-5-2-6-26-47,49-28-20-22-45(42-49)71-58-37-15-16-38-59(58)73-56-35-13-9-31-52(56)67-65(71)73)48-27-19-21-44(41-48)64-69-62(72-54-33-11-7-29-50(54)51-30-8-12-34-55(51)72)43-63(70-64)75-61-40-18-17-39-60(61)74-57-36-14-10-32-53(57)68-66(74)75/h1-43H. The molecule has 16 aromatic rings. The summed E-state index contributed by atoms with van der Waals surface area (Å²) in [6.07, 6.45) is 0. The first-order chi connectivity index (χ1) is 37.7. The van der Waals surface area contributed by atoms with Gasteiger partial charge in [-0.05, 0) is 93.5 Å². The second-order valence-corrected chi connectivity index (χ2v) is 23.3. The van der Waals surface area contributed by atoms with Crippen LogP contribution in [0.25, 0.3) is 106 Å². The fourth-order valence-corrected chi connectivity index (χ4v) is 17.1. The molecule has 0 aliphatic rings. The highest BCUT2D eigenvalue weighted by molar-refractivity contribution is 7.20. The number of para-hydroxylation sites is 10. The van der Waals surface area contributed by atoms with Crippen LogP contribution in [0, 0.1) is 0 Å². The minimum Gasteiger partial charge on any atom is -0.294 e. The lowest BCUT2D eigenvalue weighted by molar-refractivity contribution is 0.980. The van der Waals surface area contributed by atoms with Crippen molar-refractivity contribution in [1.82, 2.24) is 42.4 Å². The molecule has 0 unspecified atom stereocenters. The van der Waals surface area contributed by atoms with Gasteiger partial charge in [-0.3, -0.25) is 22.5 Å². The molecule has 10 heteroatoms. The van der Waals surface area contributed by atoms with Crippen molar-refractivity contribution in [3.8, 4) is 28.7 Å². The van der Waals surface area contributed by atoms with E-state index in [9.17, 15) is 0 Å². The topological polar surface area (TPSA) is 75.2 Å². The molecule has 16 rings (SSSR count). The third-order valence-corrected chi connectivity index (χ3v) is 20.2. The van der Waals surface area contributed by atoms with E-state index in [0.717, 1.165) is 94.6 Å². The molecule has 0 saturated carbocycles. The molecule has 6 heterocycles. The van der Waals surface area contributed by atoms with E-state index < -0.39 is 8.07 Å². The van der Waals surface area contributed by atoms with Crippen molar-refractivity contribution in [3.05, 3.63) is 261 Å². The number of benzene rings is 10. The van der Waals surface area contributed by atoms with Crippen molar-refractivity contribution in [2.45, 2.75) is 0 Å². The largest absolute Gasteiger partial charge is 0.294 e. The first-order valence-electron chi connectivity index (χ1n) is 25.6. The lowest BCUT2D eigenvalue weighted by atomic mass is 10.2. The Bertz CT molecular complexity index is 4870. The highest BCUT2D eigenvalue weighted by atomic mass is 28.3. The molecule has 0 spiro atoms. The zero-order valence-electron chi connectivity index (χ0n) is 40.9. The van der Waals surface area contributed by atoms with Crippen molar-refractivity contribution in [2.24, 2.45) is 0 Å². The molecule has 0 saturated heterocycles. The van der Waals surface area contributed by atoms with Crippen LogP contribution in [0.4, 0.5) is 0 Å². The number of fused-ring (bicyclic) bond motifs is 13. The second-order valence-electron chi connectivity index (χ2n) is 19.5. The molecule has 0 atom stereocenters. The van der Waals surface area contributed by atoms with Gasteiger partial charge < -0.3 is 0 Å². The van der Waals surface area contributed by atoms with Crippen LogP contribution in [0.15, 0.2) is 261 Å². The van der Waals surface area contributed by atoms with Crippen molar-refractivity contribution in [1.29, 1.82) is 0 Å². The third-order valence-electron chi connectivity index (χ3n) is 15.5. The predicted octanol–water partition coefficient (Wildman–Crippen LogP) is 12.1. The summed E-state index contributed by atoms with van der Waals surface area (Å²) in [7, 11) is -3.19. The molecule has 10 aromatic carbocycles. The van der Waals surface area contributed by atoms with Gasteiger partial charge in [0.1, 0.15) is 11.6 Å². The van der Waals surface area contributed by atoms with Gasteiger partial charge in [0.25, 0.3) is 0 Å². The van der Waals surface area contributed by atoms with E-state index in [2.05, 4.69) is 277 Å². The van der Waals surface area contributed by atoms with Crippen molar-refractivity contribution < 1.29 is 0 Å². The highest BCUT2D eigenvalue weighted by Gasteiger charge is 2.42. The molecular weight excluding hydrogens is 947 g/mol. The Morgan fingerprint density at radius 3 is 1.28 bits per heavy atom. The van der Waals surface area contributed by atoms with E-state index in [1.54, 1.807) is 0 Å². The van der Waals surface area contributed by atoms with Gasteiger partial charge >= 0.3 is 0 Å². The van der Waals surface area contributed by atoms with Gasteiger partial charge in [0.2, 0.25) is 11.6 Å². The number of hydrogen-bond acceptors (Lipinski definition) is 4. The molecule has 0 bridgehead atoms. The number of hydrogen-bond donors (Lipinski definition) is 0. The van der Waals surface area contributed by atoms with E-state index in [0.29, 0.717) is 11.6 Å². The number of nitrogens with zero attached hydrogens (tertiary/aromatic N) is 9. The fraction of sp³-hybridized carbons (Fsp3) is 0. The Balaban J connectivity index is 0.970. The molecule has 0 radical (unpaired) electrons. The second kappa shape index (κ2) is 16.4. The summed E-state index contributed by atoms with van der Waals surface area (Å²) in [5.74, 6) is 3.74. The SMILES string of the molecule is c1ccc([Si](c2ccccc2)(c2cccc(-c3nc(-n4c5ccccc5c5ccccc54)cc(-n4c5ccccc5n5c6ccccc6nc45)n3)c2)c2cccc(-n3c4ccccc4n4c5ccccc5nc34)c2)cc1. The van der Waals surface area contributed by atoms with Gasteiger partial charge in [-0.2, -0.15) is 0 Å². The summed E-state index contributed by atoms with van der Waals surface area (Å²) < 4.78 is 11.3. The first-order valence-corrected chi connectivity index (χ1v) is 27.6. The van der Waals surface area contributed by atoms with Crippen molar-refractivity contribution >= 4 is 106 Å². The van der Waals surface area contributed by atoms with Gasteiger partial charge in [0.15, 0.2) is 13.9 Å². The van der Waals surface area contributed by atoms with E-state index in [4.69, 9.17) is 19.9 Å². The molecule has 0 amide bonds. The summed E-state index contributed by atoms with van der Waals surface area (Å²) in [6, 6.07) is 93.7. The van der Waals surface area contributed by atoms with Gasteiger partial charge in [0.05, 0.1) is 55.2 Å². The molecule has 356 valence electrons. The van der Waals surface area contributed by atoms with Gasteiger partial charge in [-0.15, -0.1) is 0 Å². The normalized spacial score (nSPS) is 12.2. The molecule has 6 aromatic heterocycles. The minimum absolute atomic E-state index is 0.605. The lowest BCUT2D eigenvalue weighted by Crippen LogP contribution is -2.74. The van der Waals surface area contributed by atoms with Crippen LogP contribution in [0.2, 0.25) is 0 Å². The Kier molecular flexibility index (Phi) is 9.15. The maximum Gasteiger partial charge on any atom is 0.221 e. The van der Waals surface area contributed by atoms with Gasteiger partial charge in [-0.1, -0.05) is 182 Å². The minimum atomic E-state index is -3.19. The van der Waals surface area contributed by atoms with Gasteiger partial charge in [0, 0.05) is 28.1 Å². The molecule has 0 aliphatic carbocycles. The van der Waals surface area contributed by atoms with Crippen LogP contribution in [0.5, 0.6) is 0 Å². The monoisotopic (exact) mass is 989 g/mol. The maximum atomic E-state index is 5.64. The van der Waals surface area contributed by atoms with Crippen molar-refractivity contribution in [3.63, 3.8) is 0 Å². The van der Waals surface area contributed by atoms with E-state index in [1.165, 1.54) is 20.7 Å². The summed E-state index contributed by atoms with van der Waals surface area (Å²) in [4.78, 5) is 21.9. The number of rotatable bonds is 8. The Morgan fingerprint density at radius 2 is 0.697 bits per heavy atom. The van der Waals surface area contributed by atoms with Crippen LogP contribution in [-0.4, -0.2) is 50.5 Å². The van der Waals surface area contributed by atoms with E-state index in [-0.39, 0.29) is 0 Å². The summed E-state index contributed by atoms with van der Waals surface area (Å²) >= 11 is 0. The molecule has 0 N–H and O–H groups in total. The Hall–Kier alpha value is -10.2. The zero-order valence-corrected chi connectivity index (χ0v) is 41.9. The van der Waals surface area contributed by atoms with E-state index in [1.807, 2.05) is 6.07 Å². The average molecular weight is 990 g/mol. The highest BCUT2D eigenvalue weighted by Crippen LogP contribution is 2.35. The molecule has 0 aliphatic heterocycles. The van der Waals surface area contributed by atoms with Crippen LogP contribution >= 0.6 is 0 Å². The quantitative estimate of drug-likeness (QED) is 0.112. The third kappa shape index (κ3) is 6.07. The lowest BCUT2D eigenvalue weighted by Gasteiger charge is -2.35. The molecular formula is C66H43N9Si. The Morgan fingerprint density at radius 1 is 0.276 bits per heavy atom. The Labute approximate surface area is 436 Å². The maximum absolute atomic E-state index is 5.64. The molecule has 0 fully saturated rings. The van der Waals surface area contributed by atoms with Gasteiger partial charge in [-0.25, -0.2) is 19.9 Å². The molecule has 9 nitrogen and oxygen atoms in total. The van der Waals surface area contributed by atoms with E-state index >= 15 is 0 Å². The average Bonchev–Trinajstić information content (AvgIpc) is 4.41. The summed E-state index contributed by atoms with van der Waals surface area (Å²) in [5, 5.41) is 7.28. The molecule has 76 heavy (non-hydrogen) atoms. The summed E-state index contributed by atoms with van der Waals surface area (Å²) in [5.41, 5.74) is 12.3. The smallest absolute Gasteiger partial charge is 0.221 e. The first kappa shape index (κ1) is 42.4. The fourth-order valence-electron chi connectivity index (χ4n) is 12.3. The zero-order chi connectivity index (χ0) is 49.9.